The van der Waals surface area contributed by atoms with E-state index in [-0.39, 0.29) is 35.8 Å². The number of rotatable bonds is 4. The summed E-state index contributed by atoms with van der Waals surface area (Å²) in [6, 6.07) is -0.199. The first-order chi connectivity index (χ1) is 15.5. The van der Waals surface area contributed by atoms with Crippen LogP contribution in [0.15, 0.2) is 4.79 Å². The first-order valence-corrected chi connectivity index (χ1v) is 12.4. The summed E-state index contributed by atoms with van der Waals surface area (Å²) in [5.41, 5.74) is 1.66. The average Bonchev–Trinajstić information content (AvgIpc) is 3.41. The molecule has 0 spiro atoms. The molecule has 4 heterocycles. The Labute approximate surface area is 189 Å². The molecule has 32 heavy (non-hydrogen) atoms. The monoisotopic (exact) mass is 441 g/mol. The molecule has 3 aliphatic heterocycles. The summed E-state index contributed by atoms with van der Waals surface area (Å²) in [4.78, 5) is 51.9. The van der Waals surface area contributed by atoms with Crippen molar-refractivity contribution in [3.63, 3.8) is 0 Å². The lowest BCUT2D eigenvalue weighted by molar-refractivity contribution is -0.136. The number of carbonyl (C=O) groups is 2. The van der Waals surface area contributed by atoms with E-state index >= 15 is 0 Å². The minimum absolute atomic E-state index is 0.0181. The van der Waals surface area contributed by atoms with Crippen molar-refractivity contribution >= 4 is 11.8 Å². The highest BCUT2D eigenvalue weighted by atomic mass is 16.2. The number of likely N-dealkylation sites (tertiary alicyclic amines) is 2. The lowest BCUT2D eigenvalue weighted by Crippen LogP contribution is -2.40. The maximum atomic E-state index is 13.2. The molecule has 1 aromatic rings. The van der Waals surface area contributed by atoms with E-state index in [1.54, 1.807) is 11.9 Å². The smallest absolute Gasteiger partial charge is 0.254 e. The van der Waals surface area contributed by atoms with Gasteiger partial charge in [-0.3, -0.25) is 19.3 Å². The summed E-state index contributed by atoms with van der Waals surface area (Å²) in [5, 5.41) is 0. The van der Waals surface area contributed by atoms with Gasteiger partial charge in [-0.05, 0) is 38.0 Å². The number of hydrogen-bond acceptors (Lipinski definition) is 5. The third-order valence-corrected chi connectivity index (χ3v) is 7.95. The van der Waals surface area contributed by atoms with Crippen LogP contribution in [0.1, 0.15) is 74.5 Å². The van der Waals surface area contributed by atoms with Crippen molar-refractivity contribution in [2.45, 2.75) is 70.4 Å². The van der Waals surface area contributed by atoms with Gasteiger partial charge in [-0.2, -0.15) is 0 Å². The molecular formula is C24H35N5O3. The van der Waals surface area contributed by atoms with Gasteiger partial charge in [0.05, 0.1) is 17.7 Å². The van der Waals surface area contributed by atoms with Crippen LogP contribution in [0, 0.1) is 11.8 Å². The Bertz CT molecular complexity index is 938. The molecule has 1 saturated carbocycles. The lowest BCUT2D eigenvalue weighted by Gasteiger charge is -2.33. The number of aromatic amines is 1. The topological polar surface area (TPSA) is 89.6 Å². The van der Waals surface area contributed by atoms with Crippen LogP contribution in [0.25, 0.3) is 0 Å². The summed E-state index contributed by atoms with van der Waals surface area (Å²) in [7, 11) is 1.75. The summed E-state index contributed by atoms with van der Waals surface area (Å²) < 4.78 is 0. The predicted molar refractivity (Wildman–Crippen MR) is 120 cm³/mol. The average molecular weight is 442 g/mol. The van der Waals surface area contributed by atoms with E-state index < -0.39 is 0 Å². The quantitative estimate of drug-likeness (QED) is 0.770. The van der Waals surface area contributed by atoms with Gasteiger partial charge in [-0.1, -0.05) is 19.3 Å². The zero-order chi connectivity index (χ0) is 22.2. The minimum Gasteiger partial charge on any atom is -0.345 e. The van der Waals surface area contributed by atoms with E-state index in [0.29, 0.717) is 18.9 Å². The molecule has 5 rings (SSSR count). The molecule has 3 fully saturated rings. The Morgan fingerprint density at radius 1 is 1.09 bits per heavy atom. The van der Waals surface area contributed by atoms with Crippen molar-refractivity contribution in [3.8, 4) is 0 Å². The van der Waals surface area contributed by atoms with Gasteiger partial charge in [0.15, 0.2) is 0 Å². The molecular weight excluding hydrogens is 406 g/mol. The van der Waals surface area contributed by atoms with Gasteiger partial charge in [0.2, 0.25) is 11.8 Å². The Hall–Kier alpha value is -2.22. The van der Waals surface area contributed by atoms with Crippen molar-refractivity contribution < 1.29 is 9.59 Å². The van der Waals surface area contributed by atoms with E-state index in [9.17, 15) is 14.4 Å². The fourth-order valence-electron chi connectivity index (χ4n) is 6.14. The molecule has 8 nitrogen and oxygen atoms in total. The molecule has 0 radical (unpaired) electrons. The van der Waals surface area contributed by atoms with Gasteiger partial charge in [0.1, 0.15) is 5.82 Å². The largest absolute Gasteiger partial charge is 0.345 e. The summed E-state index contributed by atoms with van der Waals surface area (Å²) in [6.45, 7) is 3.88. The van der Waals surface area contributed by atoms with Crippen LogP contribution in [-0.4, -0.2) is 69.7 Å². The maximum Gasteiger partial charge on any atom is 0.254 e. The number of carbonyl (C=O) groups excluding carboxylic acids is 2. The lowest BCUT2D eigenvalue weighted by atomic mass is 9.88. The van der Waals surface area contributed by atoms with E-state index in [2.05, 4.69) is 9.88 Å². The second-order valence-corrected chi connectivity index (χ2v) is 10.2. The third-order valence-electron chi connectivity index (χ3n) is 7.95. The number of fused-ring (bicyclic) bond motifs is 1. The summed E-state index contributed by atoms with van der Waals surface area (Å²) in [5.74, 6) is 1.14. The van der Waals surface area contributed by atoms with Gasteiger partial charge in [0, 0.05) is 51.8 Å². The second-order valence-electron chi connectivity index (χ2n) is 10.2. The van der Waals surface area contributed by atoms with E-state index in [1.165, 1.54) is 32.1 Å². The van der Waals surface area contributed by atoms with Crippen molar-refractivity contribution in [3.05, 3.63) is 27.4 Å². The molecule has 2 unspecified atom stereocenters. The normalized spacial score (nSPS) is 27.2. The zero-order valence-corrected chi connectivity index (χ0v) is 19.1. The second kappa shape index (κ2) is 8.96. The summed E-state index contributed by atoms with van der Waals surface area (Å²) >= 11 is 0. The predicted octanol–water partition coefficient (Wildman–Crippen LogP) is 1.85. The molecule has 0 aromatic carbocycles. The van der Waals surface area contributed by atoms with Crippen LogP contribution in [0.3, 0.4) is 0 Å². The number of nitrogens with one attached hydrogen (secondary N) is 1. The van der Waals surface area contributed by atoms with Crippen LogP contribution < -0.4 is 5.56 Å². The fourth-order valence-corrected chi connectivity index (χ4v) is 6.14. The molecule has 4 aliphatic rings. The van der Waals surface area contributed by atoms with Crippen molar-refractivity contribution in [1.82, 2.24) is 24.7 Å². The van der Waals surface area contributed by atoms with Gasteiger partial charge < -0.3 is 14.8 Å². The molecule has 174 valence electrons. The zero-order valence-electron chi connectivity index (χ0n) is 19.1. The number of nitrogens with zero attached hydrogens (tertiary/aromatic N) is 4. The standard InChI is InChI=1S/C24H35N5O3/c1-27-14-17(12-21(27)30)24(32)29-10-5-8-20(29)22-25-19-15-28(11-9-18(19)23(31)26-22)13-16-6-3-2-4-7-16/h16-17,20H,2-15H2,1H3,(H,25,26,31). The van der Waals surface area contributed by atoms with Gasteiger partial charge in [-0.25, -0.2) is 4.98 Å². The number of amides is 2. The van der Waals surface area contributed by atoms with Crippen LogP contribution in [0.2, 0.25) is 0 Å². The van der Waals surface area contributed by atoms with E-state index in [1.807, 2.05) is 4.90 Å². The molecule has 2 saturated heterocycles. The highest BCUT2D eigenvalue weighted by Crippen LogP contribution is 2.33. The molecule has 1 aromatic heterocycles. The van der Waals surface area contributed by atoms with Gasteiger partial charge >= 0.3 is 0 Å². The van der Waals surface area contributed by atoms with Crippen molar-refractivity contribution in [1.29, 1.82) is 0 Å². The fraction of sp³-hybridized carbons (Fsp3) is 0.750. The first kappa shape index (κ1) is 21.6. The van der Waals surface area contributed by atoms with Crippen LogP contribution >= 0.6 is 0 Å². The molecule has 0 bridgehead atoms. The molecule has 1 N–H and O–H groups in total. The number of aromatic nitrogens is 2. The SMILES string of the molecule is CN1CC(C(=O)N2CCCC2c2nc3c(c(=O)[nH]2)CCN(CC2CCCCC2)C3)CC1=O. The Balaban J connectivity index is 1.32. The molecule has 2 amide bonds. The van der Waals surface area contributed by atoms with Crippen molar-refractivity contribution in [2.24, 2.45) is 11.8 Å². The van der Waals surface area contributed by atoms with E-state index in [4.69, 9.17) is 4.98 Å². The van der Waals surface area contributed by atoms with Gasteiger partial charge in [-0.15, -0.1) is 0 Å². The number of hydrogen-bond donors (Lipinski definition) is 1. The minimum atomic E-state index is -0.288. The van der Waals surface area contributed by atoms with Crippen LogP contribution in [-0.2, 0) is 22.6 Å². The summed E-state index contributed by atoms with van der Waals surface area (Å²) in [6.07, 6.45) is 9.39. The van der Waals surface area contributed by atoms with Crippen LogP contribution in [0.4, 0.5) is 0 Å². The maximum absolute atomic E-state index is 13.2. The number of H-pyrrole nitrogens is 1. The molecule has 1 aliphatic carbocycles. The highest BCUT2D eigenvalue weighted by Gasteiger charge is 2.40. The highest BCUT2D eigenvalue weighted by molar-refractivity contribution is 5.89. The van der Waals surface area contributed by atoms with Gasteiger partial charge in [0.25, 0.3) is 5.56 Å². The Kier molecular flexibility index (Phi) is 6.05. The molecule has 2 atom stereocenters. The Morgan fingerprint density at radius 3 is 2.66 bits per heavy atom. The van der Waals surface area contributed by atoms with E-state index in [0.717, 1.165) is 56.1 Å². The molecule has 8 heteroatoms. The van der Waals surface area contributed by atoms with Crippen molar-refractivity contribution in [2.75, 3.05) is 33.2 Å². The first-order valence-electron chi connectivity index (χ1n) is 12.4. The third kappa shape index (κ3) is 4.21. The Morgan fingerprint density at radius 2 is 1.91 bits per heavy atom. The van der Waals surface area contributed by atoms with Crippen LogP contribution in [0.5, 0.6) is 0 Å².